The summed E-state index contributed by atoms with van der Waals surface area (Å²) < 4.78 is 0. The molecule has 9 heteroatoms. The summed E-state index contributed by atoms with van der Waals surface area (Å²) in [6.07, 6.45) is 7.76. The minimum Gasteiger partial charge on any atom is -0.507 e. The van der Waals surface area contributed by atoms with Crippen molar-refractivity contribution in [3.05, 3.63) is 40.5 Å². The van der Waals surface area contributed by atoms with Gasteiger partial charge in [0.15, 0.2) is 34.7 Å². The predicted octanol–water partition coefficient (Wildman–Crippen LogP) is 1.55. The Kier molecular flexibility index (Phi) is 6.87. The highest BCUT2D eigenvalue weighted by Gasteiger charge is 2.69. The molecular weight excluding hydrogens is 500 g/mol. The van der Waals surface area contributed by atoms with Crippen LogP contribution in [0.5, 0.6) is 5.75 Å². The van der Waals surface area contributed by atoms with Gasteiger partial charge < -0.3 is 15.9 Å². The Bertz CT molecular complexity index is 1310. The summed E-state index contributed by atoms with van der Waals surface area (Å²) >= 11 is 0. The molecule has 0 aliphatic heterocycles. The molecule has 0 spiro atoms. The average Bonchev–Trinajstić information content (AvgIpc) is 2.88. The third kappa shape index (κ3) is 4.09. The fourth-order valence-corrected chi connectivity index (χ4v) is 7.63. The van der Waals surface area contributed by atoms with Crippen molar-refractivity contribution in [3.63, 3.8) is 0 Å². The maximum Gasteiger partial charge on any atom is 0.235 e. The molecule has 0 radical (unpaired) electrons. The Balaban J connectivity index is 1.56. The number of rotatable bonds is 5. The molecule has 9 nitrogen and oxygen atoms in total. The highest BCUT2D eigenvalue weighted by molar-refractivity contribution is 6.32. The fourth-order valence-electron chi connectivity index (χ4n) is 7.63. The van der Waals surface area contributed by atoms with Gasteiger partial charge in [-0.25, -0.2) is 0 Å². The Labute approximate surface area is 227 Å². The van der Waals surface area contributed by atoms with E-state index in [0.29, 0.717) is 18.4 Å². The fraction of sp³-hybridized carbons (Fsp3) is 0.567. The zero-order chi connectivity index (χ0) is 28.4. The highest BCUT2D eigenvalue weighted by Crippen LogP contribution is 2.51. The lowest BCUT2D eigenvalue weighted by Crippen LogP contribution is -2.74. The molecule has 2 fully saturated rings. The van der Waals surface area contributed by atoms with Crippen LogP contribution in [0.1, 0.15) is 60.5 Å². The lowest BCUT2D eigenvalue weighted by molar-refractivity contribution is -0.181. The summed E-state index contributed by atoms with van der Waals surface area (Å²) in [6, 6.07) is 2.19. The molecule has 0 aromatic heterocycles. The first-order valence-corrected chi connectivity index (χ1v) is 13.8. The van der Waals surface area contributed by atoms with E-state index in [1.165, 1.54) is 23.0 Å². The van der Waals surface area contributed by atoms with Crippen molar-refractivity contribution in [2.45, 2.75) is 63.5 Å². The SMILES string of the molecule is CC(Cc1ccc(O)c2c1CC1CC3C(N(C)C)C(=O)C(C(N)=O)C(=O)C3(O)C(=O)C1C2=O)C1=CCCCC1. The van der Waals surface area contributed by atoms with E-state index in [9.17, 15) is 34.2 Å². The lowest BCUT2D eigenvalue weighted by Gasteiger charge is -2.52. The number of aromatic hydroxyl groups is 1. The van der Waals surface area contributed by atoms with E-state index in [2.05, 4.69) is 13.0 Å². The summed E-state index contributed by atoms with van der Waals surface area (Å²) in [4.78, 5) is 67.9. The quantitative estimate of drug-likeness (QED) is 0.378. The molecule has 5 rings (SSSR count). The predicted molar refractivity (Wildman–Crippen MR) is 141 cm³/mol. The van der Waals surface area contributed by atoms with Crippen LogP contribution < -0.4 is 5.73 Å². The molecule has 4 N–H and O–H groups in total. The smallest absolute Gasteiger partial charge is 0.235 e. The third-order valence-corrected chi connectivity index (χ3v) is 9.53. The molecule has 7 atom stereocenters. The van der Waals surface area contributed by atoms with E-state index < -0.39 is 64.4 Å². The molecule has 0 bridgehead atoms. The average molecular weight is 537 g/mol. The van der Waals surface area contributed by atoms with Gasteiger partial charge in [-0.15, -0.1) is 0 Å². The van der Waals surface area contributed by atoms with E-state index in [1.807, 2.05) is 6.07 Å². The maximum atomic E-state index is 13.9. The van der Waals surface area contributed by atoms with E-state index in [1.54, 1.807) is 14.1 Å². The molecule has 39 heavy (non-hydrogen) atoms. The van der Waals surface area contributed by atoms with Crippen molar-refractivity contribution in [1.82, 2.24) is 4.90 Å². The number of Topliss-reactive ketones (excluding diaryl/α,β-unsaturated/α-hetero) is 4. The number of hydrogen-bond donors (Lipinski definition) is 3. The molecule has 2 saturated carbocycles. The van der Waals surface area contributed by atoms with Crippen LogP contribution in [0.3, 0.4) is 0 Å². The molecule has 208 valence electrons. The van der Waals surface area contributed by atoms with Gasteiger partial charge in [-0.1, -0.05) is 24.6 Å². The minimum atomic E-state index is -2.70. The highest BCUT2D eigenvalue weighted by atomic mass is 16.3. The molecule has 0 heterocycles. The first-order chi connectivity index (χ1) is 18.4. The Morgan fingerprint density at radius 1 is 1.15 bits per heavy atom. The van der Waals surface area contributed by atoms with Crippen molar-refractivity contribution in [3.8, 4) is 5.75 Å². The summed E-state index contributed by atoms with van der Waals surface area (Å²) in [5.41, 5.74) is 5.72. The molecule has 1 amide bonds. The van der Waals surface area contributed by atoms with E-state index >= 15 is 0 Å². The van der Waals surface area contributed by atoms with Gasteiger partial charge in [0.05, 0.1) is 17.5 Å². The normalized spacial score (nSPS) is 33.3. The second kappa shape index (κ2) is 9.78. The van der Waals surface area contributed by atoms with Gasteiger partial charge in [-0.3, -0.25) is 28.9 Å². The number of aliphatic hydroxyl groups is 1. The van der Waals surface area contributed by atoms with Gasteiger partial charge in [0.1, 0.15) is 5.75 Å². The zero-order valence-corrected chi connectivity index (χ0v) is 22.6. The number of phenols is 1. The van der Waals surface area contributed by atoms with Gasteiger partial charge in [-0.05, 0) is 88.1 Å². The Morgan fingerprint density at radius 3 is 2.49 bits per heavy atom. The summed E-state index contributed by atoms with van der Waals surface area (Å²) in [5.74, 6) is -9.90. The van der Waals surface area contributed by atoms with Crippen LogP contribution in [0.4, 0.5) is 0 Å². The number of amides is 1. The molecule has 1 aromatic carbocycles. The maximum absolute atomic E-state index is 13.9. The van der Waals surface area contributed by atoms with Gasteiger partial charge in [0.25, 0.3) is 0 Å². The van der Waals surface area contributed by atoms with Crippen LogP contribution in [0, 0.1) is 29.6 Å². The van der Waals surface area contributed by atoms with Crippen molar-refractivity contribution < 1.29 is 34.2 Å². The van der Waals surface area contributed by atoms with Crippen LogP contribution in [0.2, 0.25) is 0 Å². The number of phenolic OH excluding ortho intramolecular Hbond substituents is 1. The number of likely N-dealkylation sites (N-methyl/N-ethyl adjacent to an activating group) is 1. The van der Waals surface area contributed by atoms with Crippen LogP contribution in [0.15, 0.2) is 23.8 Å². The molecular formula is C30H36N2O7. The number of nitrogens with two attached hydrogens (primary N) is 1. The van der Waals surface area contributed by atoms with Crippen molar-refractivity contribution in [1.29, 1.82) is 0 Å². The number of allylic oxidation sites excluding steroid dienone is 2. The number of primary amides is 1. The first-order valence-electron chi connectivity index (χ1n) is 13.8. The van der Waals surface area contributed by atoms with Crippen LogP contribution in [-0.2, 0) is 32.0 Å². The number of carbonyl (C=O) groups excluding carboxylic acids is 5. The van der Waals surface area contributed by atoms with Gasteiger partial charge in [0, 0.05) is 5.92 Å². The standard InChI is InChI=1S/C30H36N2O7/c1-14(15-7-5-4-6-8-15)11-16-9-10-20(33)22-18(16)12-17-13-19-24(32(2)3)26(35)23(29(31)38)28(37)30(19,39)27(36)21(17)25(22)34/h7,9-10,14,17,19,21,23-24,33,39H,4-6,8,11-13H2,1-3H3,(H2,31,38). The number of hydrogen-bond acceptors (Lipinski definition) is 8. The number of fused-ring (bicyclic) bond motifs is 3. The monoisotopic (exact) mass is 536 g/mol. The van der Waals surface area contributed by atoms with Crippen molar-refractivity contribution >= 4 is 29.0 Å². The summed E-state index contributed by atoms with van der Waals surface area (Å²) in [7, 11) is 3.15. The molecule has 4 aliphatic rings. The number of benzene rings is 1. The van der Waals surface area contributed by atoms with Crippen LogP contribution in [-0.4, -0.2) is 69.9 Å². The number of ketones is 4. The second-order valence-corrected chi connectivity index (χ2v) is 12.0. The zero-order valence-electron chi connectivity index (χ0n) is 22.6. The topological polar surface area (TPSA) is 155 Å². The summed E-state index contributed by atoms with van der Waals surface area (Å²) in [6.45, 7) is 2.16. The van der Waals surface area contributed by atoms with Crippen molar-refractivity contribution in [2.75, 3.05) is 14.1 Å². The molecule has 7 unspecified atom stereocenters. The van der Waals surface area contributed by atoms with Crippen molar-refractivity contribution in [2.24, 2.45) is 35.3 Å². The van der Waals surface area contributed by atoms with E-state index in [0.717, 1.165) is 24.8 Å². The Hall–Kier alpha value is -3.17. The molecule has 4 aliphatic carbocycles. The molecule has 1 aromatic rings. The van der Waals surface area contributed by atoms with Gasteiger partial charge in [0.2, 0.25) is 5.91 Å². The largest absolute Gasteiger partial charge is 0.507 e. The number of nitrogens with zero attached hydrogens (tertiary/aromatic N) is 1. The van der Waals surface area contributed by atoms with E-state index in [-0.39, 0.29) is 23.7 Å². The van der Waals surface area contributed by atoms with Crippen LogP contribution >= 0.6 is 0 Å². The number of carbonyl (C=O) groups is 5. The lowest BCUT2D eigenvalue weighted by atomic mass is 9.52. The third-order valence-electron chi connectivity index (χ3n) is 9.53. The first kappa shape index (κ1) is 27.4. The second-order valence-electron chi connectivity index (χ2n) is 12.0. The minimum absolute atomic E-state index is 0.0553. The van der Waals surface area contributed by atoms with Gasteiger partial charge >= 0.3 is 0 Å². The van der Waals surface area contributed by atoms with Gasteiger partial charge in [-0.2, -0.15) is 0 Å². The Morgan fingerprint density at radius 2 is 1.87 bits per heavy atom. The molecule has 0 saturated heterocycles. The van der Waals surface area contributed by atoms with Crippen LogP contribution in [0.25, 0.3) is 0 Å². The summed E-state index contributed by atoms with van der Waals surface area (Å²) in [5, 5.41) is 22.4. The van der Waals surface area contributed by atoms with E-state index in [4.69, 9.17) is 5.73 Å².